The number of pyridine rings is 1. The number of benzene rings is 1. The molecule has 1 fully saturated rings. The molecule has 3 aromatic rings. The molecule has 0 aliphatic carbocycles. The Morgan fingerprint density at radius 2 is 1.96 bits per heavy atom. The molecule has 3 heterocycles. The maximum absolute atomic E-state index is 12.6. The van der Waals surface area contributed by atoms with Crippen LogP contribution in [0.15, 0.2) is 48.8 Å². The van der Waals surface area contributed by atoms with Gasteiger partial charge in [-0.1, -0.05) is 29.8 Å². The van der Waals surface area contributed by atoms with Crippen LogP contribution in [-0.2, 0) is 11.2 Å². The molecule has 0 unspecified atom stereocenters. The predicted octanol–water partition coefficient (Wildman–Crippen LogP) is 4.21. The molecule has 0 atom stereocenters. The van der Waals surface area contributed by atoms with Crippen LogP contribution in [0.2, 0.25) is 0 Å². The van der Waals surface area contributed by atoms with Gasteiger partial charge in [0.2, 0.25) is 5.91 Å². The second kappa shape index (κ2) is 7.32. The fourth-order valence-corrected chi connectivity index (χ4v) is 3.89. The molecule has 2 aromatic heterocycles. The first-order chi connectivity index (χ1) is 12.7. The van der Waals surface area contributed by atoms with E-state index >= 15 is 0 Å². The van der Waals surface area contributed by atoms with Crippen molar-refractivity contribution < 1.29 is 4.79 Å². The first-order valence-electron chi connectivity index (χ1n) is 9.46. The van der Waals surface area contributed by atoms with Crippen LogP contribution in [0.5, 0.6) is 0 Å². The highest BCUT2D eigenvalue weighted by molar-refractivity contribution is 5.79. The number of aromatic nitrogens is 2. The zero-order chi connectivity index (χ0) is 17.9. The highest BCUT2D eigenvalue weighted by atomic mass is 16.2. The van der Waals surface area contributed by atoms with E-state index in [4.69, 9.17) is 0 Å². The van der Waals surface area contributed by atoms with Crippen LogP contribution < -0.4 is 0 Å². The molecule has 134 valence electrons. The smallest absolute Gasteiger partial charge is 0.222 e. The van der Waals surface area contributed by atoms with Crippen molar-refractivity contribution in [1.29, 1.82) is 0 Å². The largest absolute Gasteiger partial charge is 0.360 e. The lowest BCUT2D eigenvalue weighted by atomic mass is 9.90. The van der Waals surface area contributed by atoms with Crippen LogP contribution in [0.3, 0.4) is 0 Å². The van der Waals surface area contributed by atoms with E-state index in [-0.39, 0.29) is 5.91 Å². The summed E-state index contributed by atoms with van der Waals surface area (Å²) in [5.74, 6) is 0.765. The standard InChI is InChI=1S/C22H25N3O/c1-16-4-6-17(7-5-16)8-9-21(26)25-13-10-18(11-14-25)19-15-24-20-3-2-12-23-22(19)20/h2-7,12,15,18,24H,8-11,13-14H2,1H3. The number of hydrogen-bond donors (Lipinski definition) is 1. The molecule has 4 heteroatoms. The van der Waals surface area contributed by atoms with Crippen molar-refractivity contribution in [3.8, 4) is 0 Å². The number of nitrogens with one attached hydrogen (secondary N) is 1. The Hall–Kier alpha value is -2.62. The lowest BCUT2D eigenvalue weighted by molar-refractivity contribution is -0.132. The number of carbonyl (C=O) groups excluding carboxylic acids is 1. The number of hydrogen-bond acceptors (Lipinski definition) is 2. The molecule has 1 aliphatic heterocycles. The number of rotatable bonds is 4. The Labute approximate surface area is 154 Å². The van der Waals surface area contributed by atoms with Gasteiger partial charge in [0.1, 0.15) is 0 Å². The minimum absolute atomic E-state index is 0.279. The van der Waals surface area contributed by atoms with Crippen molar-refractivity contribution in [2.45, 2.75) is 38.5 Å². The van der Waals surface area contributed by atoms with E-state index in [1.807, 2.05) is 17.2 Å². The Kier molecular flexibility index (Phi) is 4.74. The van der Waals surface area contributed by atoms with Crippen molar-refractivity contribution in [1.82, 2.24) is 14.9 Å². The second-order valence-corrected chi connectivity index (χ2v) is 7.28. The number of likely N-dealkylation sites (tertiary alicyclic amines) is 1. The molecule has 1 amide bonds. The molecule has 1 aliphatic rings. The molecule has 4 nitrogen and oxygen atoms in total. The third kappa shape index (κ3) is 3.50. The third-order valence-electron chi connectivity index (χ3n) is 5.50. The number of amides is 1. The van der Waals surface area contributed by atoms with Crippen LogP contribution in [0, 0.1) is 6.92 Å². The van der Waals surface area contributed by atoms with Crippen molar-refractivity contribution in [3.05, 3.63) is 65.5 Å². The highest BCUT2D eigenvalue weighted by Crippen LogP contribution is 2.32. The Bertz CT molecular complexity index is 889. The van der Waals surface area contributed by atoms with Crippen molar-refractivity contribution >= 4 is 16.9 Å². The number of fused-ring (bicyclic) bond motifs is 1. The molecule has 1 N–H and O–H groups in total. The predicted molar refractivity (Wildman–Crippen MR) is 104 cm³/mol. The molecule has 1 saturated heterocycles. The molecular weight excluding hydrogens is 322 g/mol. The van der Waals surface area contributed by atoms with E-state index in [1.54, 1.807) is 0 Å². The van der Waals surface area contributed by atoms with Gasteiger partial charge in [0.15, 0.2) is 0 Å². The topological polar surface area (TPSA) is 49.0 Å². The summed E-state index contributed by atoms with van der Waals surface area (Å²) in [4.78, 5) is 22.4. The Morgan fingerprint density at radius 3 is 2.73 bits per heavy atom. The van der Waals surface area contributed by atoms with E-state index in [9.17, 15) is 4.79 Å². The summed E-state index contributed by atoms with van der Waals surface area (Å²) in [6.45, 7) is 3.77. The summed E-state index contributed by atoms with van der Waals surface area (Å²) in [6.07, 6.45) is 7.40. The fourth-order valence-electron chi connectivity index (χ4n) is 3.89. The van der Waals surface area contributed by atoms with Crippen LogP contribution in [0.1, 0.15) is 41.9 Å². The molecule has 1 aromatic carbocycles. The van der Waals surface area contributed by atoms with E-state index in [1.165, 1.54) is 16.7 Å². The highest BCUT2D eigenvalue weighted by Gasteiger charge is 2.25. The number of piperidine rings is 1. The number of nitrogens with zero attached hydrogens (tertiary/aromatic N) is 2. The van der Waals surface area contributed by atoms with Crippen LogP contribution in [0.25, 0.3) is 11.0 Å². The van der Waals surface area contributed by atoms with E-state index in [2.05, 4.69) is 53.4 Å². The normalized spacial score (nSPS) is 15.5. The van der Waals surface area contributed by atoms with Crippen molar-refractivity contribution in [2.75, 3.05) is 13.1 Å². The summed E-state index contributed by atoms with van der Waals surface area (Å²) in [6, 6.07) is 12.5. The van der Waals surface area contributed by atoms with Gasteiger partial charge in [-0.25, -0.2) is 0 Å². The number of aromatic amines is 1. The van der Waals surface area contributed by atoms with Crippen LogP contribution >= 0.6 is 0 Å². The van der Waals surface area contributed by atoms with E-state index in [0.29, 0.717) is 12.3 Å². The van der Waals surface area contributed by atoms with Gasteiger partial charge in [0.05, 0.1) is 11.0 Å². The van der Waals surface area contributed by atoms with Gasteiger partial charge in [0.25, 0.3) is 0 Å². The average molecular weight is 347 g/mol. The van der Waals surface area contributed by atoms with Crippen molar-refractivity contribution in [2.24, 2.45) is 0 Å². The molecule has 0 bridgehead atoms. The van der Waals surface area contributed by atoms with Crippen LogP contribution in [0.4, 0.5) is 0 Å². The maximum Gasteiger partial charge on any atom is 0.222 e. The first-order valence-corrected chi connectivity index (χ1v) is 9.46. The van der Waals surface area contributed by atoms with Crippen molar-refractivity contribution in [3.63, 3.8) is 0 Å². The summed E-state index contributed by atoms with van der Waals surface area (Å²) < 4.78 is 0. The van der Waals surface area contributed by atoms with E-state index in [0.717, 1.165) is 43.4 Å². The summed E-state index contributed by atoms with van der Waals surface area (Å²) in [5.41, 5.74) is 5.97. The molecule has 4 rings (SSSR count). The minimum atomic E-state index is 0.279. The molecule has 26 heavy (non-hydrogen) atoms. The third-order valence-corrected chi connectivity index (χ3v) is 5.50. The van der Waals surface area contributed by atoms with Gasteiger partial charge < -0.3 is 9.88 Å². The second-order valence-electron chi connectivity index (χ2n) is 7.28. The lowest BCUT2D eigenvalue weighted by Crippen LogP contribution is -2.38. The number of aryl methyl sites for hydroxylation is 2. The molecule has 0 saturated carbocycles. The molecule has 0 radical (unpaired) electrons. The summed E-state index contributed by atoms with van der Waals surface area (Å²) in [5, 5.41) is 0. The SMILES string of the molecule is Cc1ccc(CCC(=O)N2CCC(c3c[nH]c4cccnc34)CC2)cc1. The fraction of sp³-hybridized carbons (Fsp3) is 0.364. The monoisotopic (exact) mass is 347 g/mol. The number of carbonyl (C=O) groups is 1. The zero-order valence-corrected chi connectivity index (χ0v) is 15.2. The van der Waals surface area contributed by atoms with Gasteiger partial charge in [-0.05, 0) is 55.4 Å². The molecule has 0 spiro atoms. The van der Waals surface area contributed by atoms with E-state index < -0.39 is 0 Å². The van der Waals surface area contributed by atoms with Gasteiger partial charge in [-0.15, -0.1) is 0 Å². The van der Waals surface area contributed by atoms with Gasteiger partial charge in [-0.3, -0.25) is 9.78 Å². The summed E-state index contributed by atoms with van der Waals surface area (Å²) >= 11 is 0. The number of H-pyrrole nitrogens is 1. The minimum Gasteiger partial charge on any atom is -0.360 e. The first kappa shape index (κ1) is 16.8. The van der Waals surface area contributed by atoms with Crippen LogP contribution in [-0.4, -0.2) is 33.9 Å². The van der Waals surface area contributed by atoms with Gasteiger partial charge in [0, 0.05) is 31.9 Å². The quantitative estimate of drug-likeness (QED) is 0.768. The molecular formula is C22H25N3O. The lowest BCUT2D eigenvalue weighted by Gasteiger charge is -2.32. The van der Waals surface area contributed by atoms with Gasteiger partial charge in [-0.2, -0.15) is 0 Å². The Balaban J connectivity index is 1.33. The average Bonchev–Trinajstić information content (AvgIpc) is 3.11. The summed E-state index contributed by atoms with van der Waals surface area (Å²) in [7, 11) is 0. The zero-order valence-electron chi connectivity index (χ0n) is 15.2. The Morgan fingerprint density at radius 1 is 1.19 bits per heavy atom. The maximum atomic E-state index is 12.6. The van der Waals surface area contributed by atoms with Gasteiger partial charge >= 0.3 is 0 Å².